The minimum Gasteiger partial charge on any atom is -0.379 e. The number of rotatable bonds is 5. The summed E-state index contributed by atoms with van der Waals surface area (Å²) >= 11 is 0. The Kier molecular flexibility index (Phi) is 5.69. The minimum atomic E-state index is -4.78. The van der Waals surface area contributed by atoms with Crippen LogP contribution in [0.5, 0.6) is 0 Å². The summed E-state index contributed by atoms with van der Waals surface area (Å²) in [5, 5.41) is 14.8. The molecule has 1 atom stereocenters. The van der Waals surface area contributed by atoms with Crippen LogP contribution in [0.3, 0.4) is 0 Å². The molecule has 25 heavy (non-hydrogen) atoms. The van der Waals surface area contributed by atoms with Gasteiger partial charge in [-0.25, -0.2) is 0 Å². The third kappa shape index (κ3) is 4.96. The molecule has 2 rings (SSSR count). The van der Waals surface area contributed by atoms with Gasteiger partial charge in [-0.05, 0) is 31.5 Å². The van der Waals surface area contributed by atoms with Crippen LogP contribution in [-0.2, 0) is 4.79 Å². The van der Waals surface area contributed by atoms with E-state index in [1.807, 2.05) is 26.0 Å². The number of alkyl halides is 3. The monoisotopic (exact) mass is 352 g/mol. The smallest absolute Gasteiger partial charge is 0.379 e. The van der Waals surface area contributed by atoms with E-state index in [4.69, 9.17) is 0 Å². The Morgan fingerprint density at radius 1 is 1.12 bits per heavy atom. The van der Waals surface area contributed by atoms with E-state index in [0.717, 1.165) is 11.1 Å². The second-order valence-electron chi connectivity index (χ2n) is 5.75. The predicted octanol–water partition coefficient (Wildman–Crippen LogP) is 3.95. The molecule has 3 N–H and O–H groups in total. The number of carbonyl (C=O) groups excluding carboxylic acids is 1. The van der Waals surface area contributed by atoms with E-state index in [0.29, 0.717) is 5.69 Å². The fraction of sp³-hybridized carbons (Fsp3) is 0.278. The Balaban J connectivity index is 2.05. The molecule has 0 spiro atoms. The number of aryl methyl sites for hydroxylation is 2. The molecule has 0 saturated heterocycles. The molecule has 7 heteroatoms. The molecule has 0 fully saturated rings. The number of nitrogens with one attached hydrogen (secondary N) is 2. The van der Waals surface area contributed by atoms with E-state index in [1.54, 1.807) is 6.07 Å². The van der Waals surface area contributed by atoms with Crippen molar-refractivity contribution in [2.45, 2.75) is 26.1 Å². The number of halogens is 3. The number of hydrogen-bond donors (Lipinski definition) is 3. The minimum absolute atomic E-state index is 0.0584. The van der Waals surface area contributed by atoms with Gasteiger partial charge in [0.15, 0.2) is 6.10 Å². The third-order valence-electron chi connectivity index (χ3n) is 3.66. The second-order valence-corrected chi connectivity index (χ2v) is 5.75. The molecular formula is C18H19F3N2O2. The van der Waals surface area contributed by atoms with E-state index >= 15 is 0 Å². The highest BCUT2D eigenvalue weighted by atomic mass is 19.4. The summed E-state index contributed by atoms with van der Waals surface area (Å²) in [6.45, 7) is 3.56. The Labute approximate surface area is 143 Å². The van der Waals surface area contributed by atoms with E-state index in [1.165, 1.54) is 24.3 Å². The number of amides is 1. The number of para-hydroxylation sites is 1. The first-order chi connectivity index (χ1) is 11.7. The van der Waals surface area contributed by atoms with Crippen LogP contribution in [0.1, 0.15) is 22.8 Å². The van der Waals surface area contributed by atoms with E-state index < -0.39 is 18.2 Å². The summed E-state index contributed by atoms with van der Waals surface area (Å²) in [6.07, 6.45) is -7.39. The molecule has 0 saturated carbocycles. The first-order valence-corrected chi connectivity index (χ1v) is 7.63. The highest BCUT2D eigenvalue weighted by molar-refractivity contribution is 5.94. The molecule has 2 aromatic rings. The summed E-state index contributed by atoms with van der Waals surface area (Å²) in [5.74, 6) is -0.400. The van der Waals surface area contributed by atoms with Crippen LogP contribution in [0.15, 0.2) is 42.5 Å². The van der Waals surface area contributed by atoms with Crippen molar-refractivity contribution in [1.82, 2.24) is 0 Å². The van der Waals surface area contributed by atoms with Crippen molar-refractivity contribution in [3.8, 4) is 0 Å². The van der Waals surface area contributed by atoms with Crippen LogP contribution >= 0.6 is 0 Å². The highest BCUT2D eigenvalue weighted by Gasteiger charge is 2.40. The Bertz CT molecular complexity index is 760. The van der Waals surface area contributed by atoms with Gasteiger partial charge >= 0.3 is 6.18 Å². The largest absolute Gasteiger partial charge is 0.418 e. The van der Waals surface area contributed by atoms with Crippen molar-refractivity contribution in [2.75, 3.05) is 17.2 Å². The van der Waals surface area contributed by atoms with Crippen LogP contribution in [-0.4, -0.2) is 23.7 Å². The molecule has 2 aromatic carbocycles. The van der Waals surface area contributed by atoms with Gasteiger partial charge in [0.25, 0.3) is 0 Å². The van der Waals surface area contributed by atoms with Gasteiger partial charge in [0, 0.05) is 16.9 Å². The molecule has 1 unspecified atom stereocenters. The molecule has 134 valence electrons. The molecule has 1 amide bonds. The van der Waals surface area contributed by atoms with Crippen LogP contribution < -0.4 is 10.6 Å². The van der Waals surface area contributed by atoms with Gasteiger partial charge in [-0.3, -0.25) is 4.79 Å². The third-order valence-corrected chi connectivity index (χ3v) is 3.66. The van der Waals surface area contributed by atoms with Crippen LogP contribution in [0.4, 0.5) is 24.5 Å². The Morgan fingerprint density at radius 3 is 2.44 bits per heavy atom. The average Bonchev–Trinajstić information content (AvgIpc) is 2.54. The standard InChI is InChI=1S/C18H19F3N2O2/c1-11-7-8-14(12(2)9-11)23-16(24)10-22-15-6-4-3-5-13(15)17(25)18(19,20)21/h3-9,17,22,25H,10H2,1-2H3,(H,23,24). The number of aliphatic hydroxyl groups is 1. The fourth-order valence-corrected chi connectivity index (χ4v) is 2.40. The number of anilines is 2. The van der Waals surface area contributed by atoms with Crippen molar-refractivity contribution in [1.29, 1.82) is 0 Å². The van der Waals surface area contributed by atoms with E-state index in [-0.39, 0.29) is 17.8 Å². The summed E-state index contributed by atoms with van der Waals surface area (Å²) in [5.41, 5.74) is 2.32. The molecular weight excluding hydrogens is 333 g/mol. The Hall–Kier alpha value is -2.54. The normalized spacial score (nSPS) is 12.6. The van der Waals surface area contributed by atoms with E-state index in [9.17, 15) is 23.1 Å². The maximum atomic E-state index is 12.7. The average molecular weight is 352 g/mol. The summed E-state index contributed by atoms with van der Waals surface area (Å²) < 4.78 is 38.2. The lowest BCUT2D eigenvalue weighted by atomic mass is 10.1. The summed E-state index contributed by atoms with van der Waals surface area (Å²) in [7, 11) is 0. The van der Waals surface area contributed by atoms with Crippen LogP contribution in [0.25, 0.3) is 0 Å². The quantitative estimate of drug-likeness (QED) is 0.764. The molecule has 0 radical (unpaired) electrons. The van der Waals surface area contributed by atoms with Crippen molar-refractivity contribution in [3.63, 3.8) is 0 Å². The lowest BCUT2D eigenvalue weighted by Gasteiger charge is -2.19. The number of hydrogen-bond acceptors (Lipinski definition) is 3. The van der Waals surface area contributed by atoms with Crippen molar-refractivity contribution < 1.29 is 23.1 Å². The van der Waals surface area contributed by atoms with Gasteiger partial charge < -0.3 is 15.7 Å². The lowest BCUT2D eigenvalue weighted by Crippen LogP contribution is -2.25. The van der Waals surface area contributed by atoms with Crippen molar-refractivity contribution in [3.05, 3.63) is 59.2 Å². The zero-order chi connectivity index (χ0) is 18.6. The second kappa shape index (κ2) is 7.57. The predicted molar refractivity (Wildman–Crippen MR) is 90.5 cm³/mol. The summed E-state index contributed by atoms with van der Waals surface area (Å²) in [4.78, 5) is 12.0. The zero-order valence-corrected chi connectivity index (χ0v) is 13.8. The van der Waals surface area contributed by atoms with Crippen LogP contribution in [0, 0.1) is 13.8 Å². The maximum Gasteiger partial charge on any atom is 0.418 e. The first kappa shape index (κ1) is 18.8. The zero-order valence-electron chi connectivity index (χ0n) is 13.8. The molecule has 0 aliphatic heterocycles. The maximum absolute atomic E-state index is 12.7. The van der Waals surface area contributed by atoms with Gasteiger partial charge in [-0.1, -0.05) is 35.9 Å². The SMILES string of the molecule is Cc1ccc(NC(=O)CNc2ccccc2C(O)C(F)(F)F)c(C)c1. The topological polar surface area (TPSA) is 61.4 Å². The molecule has 0 aliphatic carbocycles. The van der Waals surface area contributed by atoms with Gasteiger partial charge in [0.05, 0.1) is 6.54 Å². The van der Waals surface area contributed by atoms with Crippen molar-refractivity contribution in [2.24, 2.45) is 0 Å². The Morgan fingerprint density at radius 2 is 1.80 bits per heavy atom. The van der Waals surface area contributed by atoms with E-state index in [2.05, 4.69) is 10.6 Å². The first-order valence-electron chi connectivity index (χ1n) is 7.63. The van der Waals surface area contributed by atoms with Gasteiger partial charge in [-0.15, -0.1) is 0 Å². The molecule has 4 nitrogen and oxygen atoms in total. The van der Waals surface area contributed by atoms with Crippen LogP contribution in [0.2, 0.25) is 0 Å². The summed E-state index contributed by atoms with van der Waals surface area (Å²) in [6, 6.07) is 11.0. The number of benzene rings is 2. The molecule has 0 heterocycles. The van der Waals surface area contributed by atoms with Gasteiger partial charge in [0.2, 0.25) is 5.91 Å². The van der Waals surface area contributed by atoms with Gasteiger partial charge in [0.1, 0.15) is 0 Å². The molecule has 0 aromatic heterocycles. The lowest BCUT2D eigenvalue weighted by molar-refractivity contribution is -0.206. The highest BCUT2D eigenvalue weighted by Crippen LogP contribution is 2.35. The molecule has 0 bridgehead atoms. The number of aliphatic hydroxyl groups excluding tert-OH is 1. The van der Waals surface area contributed by atoms with Gasteiger partial charge in [-0.2, -0.15) is 13.2 Å². The number of carbonyl (C=O) groups is 1. The van der Waals surface area contributed by atoms with Crippen molar-refractivity contribution >= 4 is 17.3 Å². The fourth-order valence-electron chi connectivity index (χ4n) is 2.40. The molecule has 0 aliphatic rings.